The number of ketones is 1. The number of carbonyl (C=O) groups excluding carboxylic acids is 1. The number of aryl methyl sites for hydroxylation is 2. The van der Waals surface area contributed by atoms with E-state index in [0.717, 1.165) is 5.57 Å². The lowest BCUT2D eigenvalue weighted by Crippen LogP contribution is -2.10. The van der Waals surface area contributed by atoms with Gasteiger partial charge in [-0.15, -0.1) is 0 Å². The van der Waals surface area contributed by atoms with Gasteiger partial charge in [-0.25, -0.2) is 0 Å². The minimum Gasteiger partial charge on any atom is -0.289 e. The third kappa shape index (κ3) is 9.01. The predicted octanol–water partition coefficient (Wildman–Crippen LogP) is 6.07. The van der Waals surface area contributed by atoms with Crippen LogP contribution in [0.15, 0.2) is 48.1 Å². The van der Waals surface area contributed by atoms with E-state index in [1.54, 1.807) is 13.0 Å². The molecule has 1 aromatic carbocycles. The summed E-state index contributed by atoms with van der Waals surface area (Å²) in [5.74, 6) is 0.111. The Morgan fingerprint density at radius 1 is 1.05 bits per heavy atom. The van der Waals surface area contributed by atoms with E-state index in [-0.39, 0.29) is 5.78 Å². The Labute approximate surface area is 131 Å². The average molecular weight is 288 g/mol. The van der Waals surface area contributed by atoms with Crippen molar-refractivity contribution in [3.8, 4) is 0 Å². The van der Waals surface area contributed by atoms with Gasteiger partial charge in [0.1, 0.15) is 0 Å². The molecule has 0 saturated carbocycles. The molecule has 0 spiro atoms. The highest BCUT2D eigenvalue weighted by Gasteiger charge is 2.15. The minimum absolute atomic E-state index is 0.111. The maximum absolute atomic E-state index is 10.4. The van der Waals surface area contributed by atoms with Gasteiger partial charge >= 0.3 is 0 Å². The van der Waals surface area contributed by atoms with Gasteiger partial charge in [-0.3, -0.25) is 4.79 Å². The normalized spacial score (nSPS) is 11.5. The molecule has 1 nitrogen and oxygen atoms in total. The van der Waals surface area contributed by atoms with Crippen LogP contribution in [-0.4, -0.2) is 5.78 Å². The van der Waals surface area contributed by atoms with Crippen molar-refractivity contribution >= 4 is 5.78 Å². The first-order valence-corrected chi connectivity index (χ1v) is 8.02. The smallest absolute Gasteiger partial charge is 0.188 e. The van der Waals surface area contributed by atoms with Gasteiger partial charge in [0.15, 0.2) is 5.78 Å². The first kappa shape index (κ1) is 21.7. The molecule has 2 rings (SSSR count). The molecule has 0 fully saturated rings. The van der Waals surface area contributed by atoms with Crippen molar-refractivity contribution in [2.75, 3.05) is 0 Å². The minimum atomic E-state index is 0.111. The van der Waals surface area contributed by atoms with Gasteiger partial charge < -0.3 is 0 Å². The molecule has 1 aliphatic rings. The summed E-state index contributed by atoms with van der Waals surface area (Å²) >= 11 is 0. The SMILES string of the molecule is C=C1C=C(C)C1=O.CC.CC.CCCc1cccc(C)c1. The van der Waals surface area contributed by atoms with E-state index >= 15 is 0 Å². The molecule has 0 atom stereocenters. The molecule has 0 saturated heterocycles. The fourth-order valence-corrected chi connectivity index (χ4v) is 1.72. The van der Waals surface area contributed by atoms with E-state index in [1.165, 1.54) is 24.0 Å². The zero-order chi connectivity index (χ0) is 16.8. The van der Waals surface area contributed by atoms with Gasteiger partial charge in [0, 0.05) is 5.57 Å². The van der Waals surface area contributed by atoms with E-state index in [0.29, 0.717) is 5.57 Å². The third-order valence-electron chi connectivity index (χ3n) is 2.66. The second-order valence-corrected chi connectivity index (χ2v) is 4.42. The summed E-state index contributed by atoms with van der Waals surface area (Å²) in [7, 11) is 0. The summed E-state index contributed by atoms with van der Waals surface area (Å²) in [6.45, 7) is 17.6. The molecule has 0 aromatic heterocycles. The van der Waals surface area contributed by atoms with Crippen molar-refractivity contribution in [3.63, 3.8) is 0 Å². The van der Waals surface area contributed by atoms with Crippen molar-refractivity contribution in [2.24, 2.45) is 0 Å². The predicted molar refractivity (Wildman–Crippen MR) is 95.8 cm³/mol. The van der Waals surface area contributed by atoms with Gasteiger partial charge in [-0.2, -0.15) is 0 Å². The van der Waals surface area contributed by atoms with Crippen molar-refractivity contribution < 1.29 is 4.79 Å². The standard InChI is InChI=1S/C10H14.C6H6O.2C2H6/c1-3-5-10-7-4-6-9(2)8-10;1-4-3-5(2)6(4)7;2*1-2/h4,6-8H,3,5H2,1-2H3;3H,1H2,2H3;2*1-2H3. The highest BCUT2D eigenvalue weighted by Crippen LogP contribution is 2.16. The number of carbonyl (C=O) groups is 1. The van der Waals surface area contributed by atoms with Gasteiger partial charge in [0.25, 0.3) is 0 Å². The molecule has 118 valence electrons. The van der Waals surface area contributed by atoms with Crippen LogP contribution in [0.4, 0.5) is 0 Å². The second-order valence-electron chi connectivity index (χ2n) is 4.42. The Hall–Kier alpha value is -1.63. The first-order valence-electron chi connectivity index (χ1n) is 8.02. The maximum Gasteiger partial charge on any atom is 0.188 e. The molecular formula is C20H32O. The van der Waals surface area contributed by atoms with E-state index in [9.17, 15) is 4.79 Å². The van der Waals surface area contributed by atoms with E-state index < -0.39 is 0 Å². The monoisotopic (exact) mass is 288 g/mol. The molecule has 1 heteroatoms. The van der Waals surface area contributed by atoms with E-state index in [2.05, 4.69) is 44.7 Å². The van der Waals surface area contributed by atoms with Gasteiger partial charge in [0.2, 0.25) is 0 Å². The molecule has 0 N–H and O–H groups in total. The Kier molecular flexibility index (Phi) is 13.8. The Bertz CT molecular complexity index is 453. The van der Waals surface area contributed by atoms with E-state index in [4.69, 9.17) is 0 Å². The van der Waals surface area contributed by atoms with Crippen LogP contribution in [-0.2, 0) is 11.2 Å². The molecule has 1 aliphatic carbocycles. The quantitative estimate of drug-likeness (QED) is 0.603. The molecule has 0 unspecified atom stereocenters. The lowest BCUT2D eigenvalue weighted by Gasteiger charge is -2.08. The topological polar surface area (TPSA) is 17.1 Å². The molecule has 1 aromatic rings. The number of rotatable bonds is 2. The summed E-state index contributed by atoms with van der Waals surface area (Å²) in [6.07, 6.45) is 4.23. The van der Waals surface area contributed by atoms with Gasteiger partial charge in [-0.05, 0) is 37.5 Å². The molecule has 0 amide bonds. The highest BCUT2D eigenvalue weighted by molar-refractivity contribution is 6.16. The average Bonchev–Trinajstić information content (AvgIpc) is 2.52. The summed E-state index contributed by atoms with van der Waals surface area (Å²) < 4.78 is 0. The lowest BCUT2D eigenvalue weighted by atomic mass is 9.94. The molecule has 0 bridgehead atoms. The molecule has 0 heterocycles. The highest BCUT2D eigenvalue weighted by atomic mass is 16.1. The third-order valence-corrected chi connectivity index (χ3v) is 2.66. The Balaban J connectivity index is 0. The van der Waals surface area contributed by atoms with Crippen molar-refractivity contribution in [2.45, 2.75) is 61.3 Å². The van der Waals surface area contributed by atoms with Crippen LogP contribution in [0.2, 0.25) is 0 Å². The number of benzene rings is 1. The summed E-state index contributed by atoms with van der Waals surface area (Å²) in [6, 6.07) is 8.71. The number of allylic oxidation sites excluding steroid dienone is 3. The largest absolute Gasteiger partial charge is 0.289 e. The molecule has 0 radical (unpaired) electrons. The summed E-state index contributed by atoms with van der Waals surface area (Å²) in [5.41, 5.74) is 4.29. The molecular weight excluding hydrogens is 256 g/mol. The zero-order valence-electron chi connectivity index (χ0n) is 14.9. The summed E-state index contributed by atoms with van der Waals surface area (Å²) in [4.78, 5) is 10.4. The van der Waals surface area contributed by atoms with Crippen LogP contribution < -0.4 is 0 Å². The fourth-order valence-electron chi connectivity index (χ4n) is 1.72. The second kappa shape index (κ2) is 13.4. The Morgan fingerprint density at radius 2 is 1.62 bits per heavy atom. The number of hydrogen-bond acceptors (Lipinski definition) is 1. The van der Waals surface area contributed by atoms with Crippen LogP contribution >= 0.6 is 0 Å². The van der Waals surface area contributed by atoms with Crippen LogP contribution in [0.5, 0.6) is 0 Å². The fraction of sp³-hybridized carbons (Fsp3) is 0.450. The van der Waals surface area contributed by atoms with Gasteiger partial charge in [-0.1, -0.05) is 77.4 Å². The van der Waals surface area contributed by atoms with Crippen molar-refractivity contribution in [1.29, 1.82) is 0 Å². The number of hydrogen-bond donors (Lipinski definition) is 0. The molecule has 21 heavy (non-hydrogen) atoms. The van der Waals surface area contributed by atoms with Gasteiger partial charge in [0.05, 0.1) is 0 Å². The lowest BCUT2D eigenvalue weighted by molar-refractivity contribution is -0.112. The van der Waals surface area contributed by atoms with Crippen LogP contribution in [0, 0.1) is 6.92 Å². The van der Waals surface area contributed by atoms with Crippen molar-refractivity contribution in [1.82, 2.24) is 0 Å². The van der Waals surface area contributed by atoms with E-state index in [1.807, 2.05) is 27.7 Å². The van der Waals surface area contributed by atoms with Crippen LogP contribution in [0.25, 0.3) is 0 Å². The van der Waals surface area contributed by atoms with Crippen LogP contribution in [0.3, 0.4) is 0 Å². The molecule has 0 aliphatic heterocycles. The zero-order valence-corrected chi connectivity index (χ0v) is 14.9. The number of Topliss-reactive ketones (excluding diaryl/α,β-unsaturated/α-hetero) is 1. The maximum atomic E-state index is 10.4. The first-order chi connectivity index (χ1) is 10.0. The summed E-state index contributed by atoms with van der Waals surface area (Å²) in [5, 5.41) is 0. The van der Waals surface area contributed by atoms with Crippen molar-refractivity contribution in [3.05, 3.63) is 59.2 Å². The van der Waals surface area contributed by atoms with Crippen LogP contribution in [0.1, 0.15) is 59.1 Å². The Morgan fingerprint density at radius 3 is 1.90 bits per heavy atom.